The molecule has 23 heavy (non-hydrogen) atoms. The van der Waals surface area contributed by atoms with Gasteiger partial charge in [0.2, 0.25) is 5.91 Å². The molecule has 125 valence electrons. The molecule has 0 bridgehead atoms. The number of aromatic nitrogens is 2. The fourth-order valence-electron chi connectivity index (χ4n) is 1.70. The third-order valence-corrected chi connectivity index (χ3v) is 3.85. The molecular weight excluding hydrogens is 430 g/mol. The summed E-state index contributed by atoms with van der Waals surface area (Å²) in [7, 11) is 0. The smallest absolute Gasteiger partial charge is 0.248 e. The number of amides is 1. The van der Waals surface area contributed by atoms with Crippen molar-refractivity contribution >= 4 is 48.8 Å². The highest BCUT2D eigenvalue weighted by Crippen LogP contribution is 2.18. The summed E-state index contributed by atoms with van der Waals surface area (Å²) in [6.07, 6.45) is 0. The predicted molar refractivity (Wildman–Crippen MR) is 95.4 cm³/mol. The Labute approximate surface area is 151 Å². The van der Waals surface area contributed by atoms with Gasteiger partial charge in [-0.1, -0.05) is 31.9 Å². The van der Waals surface area contributed by atoms with E-state index in [1.807, 2.05) is 6.92 Å². The van der Waals surface area contributed by atoms with E-state index in [1.165, 1.54) is 0 Å². The Bertz CT molecular complexity index is 649. The topological polar surface area (TPSA) is 98.0 Å². The molecule has 0 atom stereocenters. The van der Waals surface area contributed by atoms with Crippen LogP contribution in [0.1, 0.15) is 28.7 Å². The lowest BCUT2D eigenvalue weighted by Gasteiger charge is -2.06. The van der Waals surface area contributed by atoms with E-state index in [9.17, 15) is 9.90 Å². The Kier molecular flexibility index (Phi) is 9.23. The lowest BCUT2D eigenvalue weighted by molar-refractivity contribution is 0.0706. The number of nitrogens with two attached hydrogens (primary N) is 1. The van der Waals surface area contributed by atoms with Gasteiger partial charge < -0.3 is 10.5 Å². The summed E-state index contributed by atoms with van der Waals surface area (Å²) in [5, 5.41) is 10.8. The minimum Gasteiger partial charge on any atom is -0.379 e. The van der Waals surface area contributed by atoms with Crippen LogP contribution in [-0.4, -0.2) is 35.7 Å². The maximum atomic E-state index is 11.1. The van der Waals surface area contributed by atoms with Gasteiger partial charge in [0, 0.05) is 22.8 Å². The van der Waals surface area contributed by atoms with Crippen molar-refractivity contribution in [2.45, 2.75) is 17.6 Å². The average Bonchev–Trinajstić information content (AvgIpc) is 2.58. The van der Waals surface area contributed by atoms with Crippen molar-refractivity contribution in [1.29, 1.82) is 0 Å². The summed E-state index contributed by atoms with van der Waals surface area (Å²) < 4.78 is 4.67. The van der Waals surface area contributed by atoms with Gasteiger partial charge in [-0.15, -0.1) is 0 Å². The Morgan fingerprint density at radius 2 is 1.78 bits per heavy atom. The number of primary amides is 1. The number of carbonyl (C=O) groups is 1. The number of alkyl halides is 2. The minimum atomic E-state index is -0.460. The SMILES string of the molecule is CCOCC[O].NC(=O)c1ccc2nc(CBr)c(CBr)nc2c1. The highest BCUT2D eigenvalue weighted by atomic mass is 79.9. The quantitative estimate of drug-likeness (QED) is 0.543. The number of hydrogen-bond donors (Lipinski definition) is 1. The molecule has 0 saturated carbocycles. The second-order valence-corrected chi connectivity index (χ2v) is 5.47. The molecule has 2 N–H and O–H groups in total. The molecule has 1 amide bonds. The van der Waals surface area contributed by atoms with E-state index in [-0.39, 0.29) is 6.61 Å². The number of carbonyl (C=O) groups excluding carboxylic acids is 1. The Morgan fingerprint density at radius 1 is 1.17 bits per heavy atom. The maximum absolute atomic E-state index is 11.1. The molecule has 1 aromatic carbocycles. The van der Waals surface area contributed by atoms with Gasteiger partial charge in [0.1, 0.15) is 6.61 Å². The van der Waals surface area contributed by atoms with E-state index in [2.05, 4.69) is 46.6 Å². The Morgan fingerprint density at radius 3 is 2.22 bits per heavy atom. The van der Waals surface area contributed by atoms with Crippen molar-refractivity contribution < 1.29 is 14.6 Å². The molecule has 6 nitrogen and oxygen atoms in total. The highest BCUT2D eigenvalue weighted by Gasteiger charge is 2.08. The minimum absolute atomic E-state index is 0.117. The number of rotatable bonds is 6. The van der Waals surface area contributed by atoms with E-state index < -0.39 is 5.91 Å². The predicted octanol–water partition coefficient (Wildman–Crippen LogP) is 2.97. The van der Waals surface area contributed by atoms with E-state index in [4.69, 9.17) is 5.73 Å². The van der Waals surface area contributed by atoms with Gasteiger partial charge in [-0.2, -0.15) is 0 Å². The van der Waals surface area contributed by atoms with Crippen LogP contribution in [0, 0.1) is 0 Å². The van der Waals surface area contributed by atoms with Gasteiger partial charge in [0.25, 0.3) is 0 Å². The van der Waals surface area contributed by atoms with Crippen molar-refractivity contribution in [3.63, 3.8) is 0 Å². The van der Waals surface area contributed by atoms with Crippen LogP contribution in [0.25, 0.3) is 11.0 Å². The van der Waals surface area contributed by atoms with E-state index in [0.717, 1.165) is 16.9 Å². The van der Waals surface area contributed by atoms with Gasteiger partial charge in [0.15, 0.2) is 0 Å². The van der Waals surface area contributed by atoms with E-state index >= 15 is 0 Å². The highest BCUT2D eigenvalue weighted by molar-refractivity contribution is 9.09. The van der Waals surface area contributed by atoms with Crippen LogP contribution >= 0.6 is 31.9 Å². The largest absolute Gasteiger partial charge is 0.379 e. The van der Waals surface area contributed by atoms with Gasteiger partial charge in [-0.05, 0) is 25.1 Å². The second-order valence-electron chi connectivity index (χ2n) is 4.35. The second kappa shape index (κ2) is 10.6. The molecule has 1 heterocycles. The Hall–Kier alpha value is -1.09. The molecule has 0 saturated heterocycles. The van der Waals surface area contributed by atoms with Crippen molar-refractivity contribution in [2.75, 3.05) is 19.8 Å². The maximum Gasteiger partial charge on any atom is 0.248 e. The van der Waals surface area contributed by atoms with E-state index in [0.29, 0.717) is 35.0 Å². The lowest BCUT2D eigenvalue weighted by atomic mass is 10.2. The normalized spacial score (nSPS) is 10.3. The first-order valence-electron chi connectivity index (χ1n) is 6.94. The third-order valence-electron chi connectivity index (χ3n) is 2.79. The van der Waals surface area contributed by atoms with Crippen LogP contribution in [-0.2, 0) is 20.5 Å². The summed E-state index contributed by atoms with van der Waals surface area (Å²) in [6.45, 7) is 2.77. The number of nitrogens with zero attached hydrogens (tertiary/aromatic N) is 2. The molecule has 0 fully saturated rings. The summed E-state index contributed by atoms with van der Waals surface area (Å²) >= 11 is 6.74. The van der Waals surface area contributed by atoms with Gasteiger partial charge in [-0.25, -0.2) is 15.1 Å². The van der Waals surface area contributed by atoms with Crippen LogP contribution < -0.4 is 5.73 Å². The average molecular weight is 448 g/mol. The summed E-state index contributed by atoms with van der Waals surface area (Å²) in [5.74, 6) is -0.460. The summed E-state index contributed by atoms with van der Waals surface area (Å²) in [5.41, 5.74) is 8.86. The first-order chi connectivity index (χ1) is 11.1. The van der Waals surface area contributed by atoms with Crippen molar-refractivity contribution in [3.05, 3.63) is 35.2 Å². The van der Waals surface area contributed by atoms with Crippen LogP contribution in [0.4, 0.5) is 0 Å². The van der Waals surface area contributed by atoms with Crippen LogP contribution in [0.3, 0.4) is 0 Å². The first kappa shape index (κ1) is 20.0. The monoisotopic (exact) mass is 446 g/mol. The van der Waals surface area contributed by atoms with Gasteiger partial charge in [-0.3, -0.25) is 4.79 Å². The zero-order valence-corrected chi connectivity index (χ0v) is 15.9. The number of benzene rings is 1. The number of hydrogen-bond acceptors (Lipinski definition) is 4. The number of ether oxygens (including phenoxy) is 1. The lowest BCUT2D eigenvalue weighted by Crippen LogP contribution is -2.11. The summed E-state index contributed by atoms with van der Waals surface area (Å²) in [4.78, 5) is 20.0. The van der Waals surface area contributed by atoms with E-state index in [1.54, 1.807) is 18.2 Å². The van der Waals surface area contributed by atoms with Crippen LogP contribution in [0.15, 0.2) is 18.2 Å². The zero-order chi connectivity index (χ0) is 17.2. The fraction of sp³-hybridized carbons (Fsp3) is 0.400. The molecule has 0 aliphatic carbocycles. The molecule has 0 aliphatic rings. The van der Waals surface area contributed by atoms with Crippen LogP contribution in [0.2, 0.25) is 0 Å². The Balaban J connectivity index is 0.000000379. The molecule has 1 radical (unpaired) electrons. The van der Waals surface area contributed by atoms with Gasteiger partial charge in [0.05, 0.1) is 29.0 Å². The molecule has 2 aromatic rings. The number of fused-ring (bicyclic) bond motifs is 1. The molecule has 8 heteroatoms. The molecular formula is C15H18Br2N3O3. The number of halogens is 2. The van der Waals surface area contributed by atoms with Crippen LogP contribution in [0.5, 0.6) is 0 Å². The molecule has 0 aliphatic heterocycles. The van der Waals surface area contributed by atoms with Gasteiger partial charge >= 0.3 is 0 Å². The molecule has 0 spiro atoms. The first-order valence-corrected chi connectivity index (χ1v) is 9.18. The van der Waals surface area contributed by atoms with Crippen molar-refractivity contribution in [3.8, 4) is 0 Å². The molecule has 0 unspecified atom stereocenters. The third kappa shape index (κ3) is 6.14. The fourth-order valence-corrected chi connectivity index (χ4v) is 2.60. The van der Waals surface area contributed by atoms with Crippen molar-refractivity contribution in [2.24, 2.45) is 5.73 Å². The zero-order valence-electron chi connectivity index (χ0n) is 12.7. The molecule has 2 rings (SSSR count). The van der Waals surface area contributed by atoms with Crippen molar-refractivity contribution in [1.82, 2.24) is 9.97 Å². The molecule has 1 aromatic heterocycles. The standard InChI is InChI=1S/C11H9Br2N3O.C4H9O2/c12-4-9-10(5-13)16-8-3-6(11(14)17)1-2-7(8)15-9;1-2-6-4-3-5/h1-3H,4-5H2,(H2,14,17);2-4H2,1H3. The summed E-state index contributed by atoms with van der Waals surface area (Å²) in [6, 6.07) is 5.08.